The van der Waals surface area contributed by atoms with Crippen molar-refractivity contribution in [2.45, 2.75) is 13.1 Å². The zero-order valence-corrected chi connectivity index (χ0v) is 13.6. The van der Waals surface area contributed by atoms with Crippen LogP contribution in [0, 0.1) is 0 Å². The van der Waals surface area contributed by atoms with Crippen LogP contribution < -0.4 is 0 Å². The van der Waals surface area contributed by atoms with Crippen LogP contribution in [0.25, 0.3) is 11.4 Å². The fraction of sp³-hybridized carbons (Fsp3) is 0.188. The maximum Gasteiger partial charge on any atom is 0.471 e. The summed E-state index contributed by atoms with van der Waals surface area (Å²) >= 11 is 0. The number of benzene rings is 1. The number of hydrogen-bond acceptors (Lipinski definition) is 8. The molecule has 3 rings (SSSR count). The van der Waals surface area contributed by atoms with E-state index in [1.54, 1.807) is 6.92 Å². The first-order chi connectivity index (χ1) is 12.8. The molecule has 0 saturated heterocycles. The fourth-order valence-electron chi connectivity index (χ4n) is 2.05. The van der Waals surface area contributed by atoms with E-state index in [-0.39, 0.29) is 35.0 Å². The molecule has 0 aliphatic heterocycles. The number of ketones is 1. The second-order valence-electron chi connectivity index (χ2n) is 5.12. The number of esters is 1. The van der Waals surface area contributed by atoms with Crippen molar-refractivity contribution in [3.05, 3.63) is 53.2 Å². The lowest BCUT2D eigenvalue weighted by molar-refractivity contribution is -0.159. The molecule has 0 aliphatic rings. The maximum absolute atomic E-state index is 12.5. The van der Waals surface area contributed by atoms with E-state index in [4.69, 9.17) is 9.26 Å². The first-order valence-electron chi connectivity index (χ1n) is 7.49. The molecule has 0 radical (unpaired) electrons. The van der Waals surface area contributed by atoms with Crippen molar-refractivity contribution >= 4 is 11.8 Å². The van der Waals surface area contributed by atoms with Gasteiger partial charge in [-0.05, 0) is 6.92 Å². The van der Waals surface area contributed by atoms with Gasteiger partial charge in [0, 0.05) is 17.2 Å². The maximum atomic E-state index is 12.5. The SMILES string of the molecule is CCOC(=O)c1cc(C(=O)c2ccc(-c3noc(C(F)(F)F)n3)cc2)on1. The molecular weight excluding hydrogens is 371 g/mol. The number of carbonyl (C=O) groups excluding carboxylic acids is 2. The number of nitrogens with zero attached hydrogens (tertiary/aromatic N) is 3. The molecule has 1 aromatic carbocycles. The monoisotopic (exact) mass is 381 g/mol. The summed E-state index contributed by atoms with van der Waals surface area (Å²) in [7, 11) is 0. The van der Waals surface area contributed by atoms with E-state index in [9.17, 15) is 22.8 Å². The third kappa shape index (κ3) is 3.86. The van der Waals surface area contributed by atoms with Gasteiger partial charge in [0.05, 0.1) is 6.61 Å². The van der Waals surface area contributed by atoms with Gasteiger partial charge in [0.25, 0.3) is 0 Å². The van der Waals surface area contributed by atoms with Crippen molar-refractivity contribution in [3.8, 4) is 11.4 Å². The van der Waals surface area contributed by atoms with Gasteiger partial charge >= 0.3 is 18.0 Å². The van der Waals surface area contributed by atoms with Crippen LogP contribution in [-0.2, 0) is 10.9 Å². The highest BCUT2D eigenvalue weighted by Gasteiger charge is 2.38. The van der Waals surface area contributed by atoms with Gasteiger partial charge < -0.3 is 13.8 Å². The molecule has 0 amide bonds. The van der Waals surface area contributed by atoms with Crippen molar-refractivity contribution in [2.24, 2.45) is 0 Å². The Morgan fingerprint density at radius 1 is 1.11 bits per heavy atom. The smallest absolute Gasteiger partial charge is 0.461 e. The minimum atomic E-state index is -4.75. The van der Waals surface area contributed by atoms with E-state index in [0.717, 1.165) is 6.07 Å². The van der Waals surface area contributed by atoms with Gasteiger partial charge in [0.2, 0.25) is 17.4 Å². The van der Waals surface area contributed by atoms with Gasteiger partial charge in [-0.3, -0.25) is 4.79 Å². The second kappa shape index (κ2) is 7.02. The predicted octanol–water partition coefficient (Wildman–Crippen LogP) is 3.15. The summed E-state index contributed by atoms with van der Waals surface area (Å²) in [6, 6.07) is 6.52. The number of ether oxygens (including phenoxy) is 1. The van der Waals surface area contributed by atoms with E-state index in [0.29, 0.717) is 0 Å². The molecule has 0 saturated carbocycles. The quantitative estimate of drug-likeness (QED) is 0.490. The Hall–Kier alpha value is -3.50. The molecule has 0 fully saturated rings. The normalized spacial score (nSPS) is 11.4. The summed E-state index contributed by atoms with van der Waals surface area (Å²) in [5.74, 6) is -3.23. The van der Waals surface area contributed by atoms with Crippen molar-refractivity contribution in [3.63, 3.8) is 0 Å². The van der Waals surface area contributed by atoms with Crippen molar-refractivity contribution in [1.82, 2.24) is 15.3 Å². The van der Waals surface area contributed by atoms with Crippen molar-refractivity contribution in [1.29, 1.82) is 0 Å². The molecule has 0 N–H and O–H groups in total. The summed E-state index contributed by atoms with van der Waals surface area (Å²) in [4.78, 5) is 27.1. The molecule has 0 atom stereocenters. The molecule has 0 bridgehead atoms. The van der Waals surface area contributed by atoms with Gasteiger partial charge in [-0.25, -0.2) is 4.79 Å². The van der Waals surface area contributed by atoms with Gasteiger partial charge in [-0.1, -0.05) is 34.6 Å². The molecule has 0 aliphatic carbocycles. The first-order valence-corrected chi connectivity index (χ1v) is 7.49. The summed E-state index contributed by atoms with van der Waals surface area (Å²) < 4.78 is 51.2. The van der Waals surface area contributed by atoms with E-state index >= 15 is 0 Å². The highest BCUT2D eigenvalue weighted by atomic mass is 19.4. The Balaban J connectivity index is 1.78. The average Bonchev–Trinajstić information content (AvgIpc) is 3.31. The molecule has 27 heavy (non-hydrogen) atoms. The summed E-state index contributed by atoms with van der Waals surface area (Å²) in [5, 5.41) is 6.72. The Labute approximate surface area is 148 Å². The van der Waals surface area contributed by atoms with Crippen LogP contribution in [0.15, 0.2) is 39.4 Å². The summed E-state index contributed by atoms with van der Waals surface area (Å²) in [5.41, 5.74) is 0.226. The number of halogens is 3. The molecule has 11 heteroatoms. The standard InChI is InChI=1S/C16H10F3N3O5/c1-2-25-14(24)10-7-11(26-21-10)12(23)8-3-5-9(6-4-8)13-20-15(27-22-13)16(17,18)19/h3-7H,2H2,1H3. The fourth-order valence-corrected chi connectivity index (χ4v) is 2.05. The topological polar surface area (TPSA) is 108 Å². The minimum absolute atomic E-state index is 0.141. The zero-order chi connectivity index (χ0) is 19.6. The molecule has 0 spiro atoms. The molecule has 2 heterocycles. The highest BCUT2D eigenvalue weighted by molar-refractivity contribution is 6.08. The molecule has 2 aromatic heterocycles. The third-order valence-electron chi connectivity index (χ3n) is 3.29. The second-order valence-corrected chi connectivity index (χ2v) is 5.12. The lowest BCUT2D eigenvalue weighted by Crippen LogP contribution is -2.05. The van der Waals surface area contributed by atoms with Gasteiger partial charge in [0.1, 0.15) is 0 Å². The van der Waals surface area contributed by atoms with E-state index in [1.807, 2.05) is 0 Å². The average molecular weight is 381 g/mol. The highest BCUT2D eigenvalue weighted by Crippen LogP contribution is 2.29. The van der Waals surface area contributed by atoms with Crippen LogP contribution in [0.1, 0.15) is 39.4 Å². The van der Waals surface area contributed by atoms with Crippen LogP contribution in [-0.4, -0.2) is 33.7 Å². The van der Waals surface area contributed by atoms with Crippen LogP contribution >= 0.6 is 0 Å². The lowest BCUT2D eigenvalue weighted by atomic mass is 10.1. The molecular formula is C16H10F3N3O5. The van der Waals surface area contributed by atoms with E-state index in [1.165, 1.54) is 24.3 Å². The van der Waals surface area contributed by atoms with Crippen LogP contribution in [0.5, 0.6) is 0 Å². The number of aromatic nitrogens is 3. The van der Waals surface area contributed by atoms with Crippen molar-refractivity contribution < 1.29 is 36.5 Å². The molecule has 8 nitrogen and oxygen atoms in total. The number of carbonyl (C=O) groups is 2. The summed E-state index contributed by atoms with van der Waals surface area (Å²) in [6.07, 6.45) is -4.75. The van der Waals surface area contributed by atoms with Crippen molar-refractivity contribution in [2.75, 3.05) is 6.61 Å². The Morgan fingerprint density at radius 3 is 2.41 bits per heavy atom. The Bertz CT molecular complexity index is 976. The van der Waals surface area contributed by atoms with Gasteiger partial charge in [0.15, 0.2) is 5.69 Å². The van der Waals surface area contributed by atoms with Gasteiger partial charge in [-0.15, -0.1) is 0 Å². The first kappa shape index (κ1) is 18.3. The Morgan fingerprint density at radius 2 is 1.81 bits per heavy atom. The number of hydrogen-bond donors (Lipinski definition) is 0. The minimum Gasteiger partial charge on any atom is -0.461 e. The van der Waals surface area contributed by atoms with Crippen LogP contribution in [0.3, 0.4) is 0 Å². The lowest BCUT2D eigenvalue weighted by Gasteiger charge is -1.99. The van der Waals surface area contributed by atoms with Crippen LogP contribution in [0.2, 0.25) is 0 Å². The van der Waals surface area contributed by atoms with Gasteiger partial charge in [-0.2, -0.15) is 18.2 Å². The van der Waals surface area contributed by atoms with Crippen LogP contribution in [0.4, 0.5) is 13.2 Å². The Kier molecular flexibility index (Phi) is 4.75. The molecule has 140 valence electrons. The predicted molar refractivity (Wildman–Crippen MR) is 80.6 cm³/mol. The number of rotatable bonds is 5. The third-order valence-corrected chi connectivity index (χ3v) is 3.29. The van der Waals surface area contributed by atoms with E-state index in [2.05, 4.69) is 19.8 Å². The molecule has 3 aromatic rings. The van der Waals surface area contributed by atoms with E-state index < -0.39 is 23.8 Å². The molecule has 0 unspecified atom stereocenters. The number of alkyl halides is 3. The largest absolute Gasteiger partial charge is 0.471 e. The summed E-state index contributed by atoms with van der Waals surface area (Å²) in [6.45, 7) is 1.76. The zero-order valence-electron chi connectivity index (χ0n) is 13.6.